The predicted octanol–water partition coefficient (Wildman–Crippen LogP) is 3.04. The van der Waals surface area contributed by atoms with Crippen LogP contribution < -0.4 is 5.32 Å². The third-order valence-corrected chi connectivity index (χ3v) is 5.44. The van der Waals surface area contributed by atoms with E-state index >= 15 is 0 Å². The monoisotopic (exact) mass is 329 g/mol. The van der Waals surface area contributed by atoms with Crippen molar-refractivity contribution in [2.75, 3.05) is 18.1 Å². The van der Waals surface area contributed by atoms with Crippen LogP contribution in [0.3, 0.4) is 0 Å². The molecule has 0 heterocycles. The number of carbonyl (C=O) groups excluding carboxylic acids is 1. The minimum atomic E-state index is -3.35. The molecular weight excluding hydrogens is 310 g/mol. The summed E-state index contributed by atoms with van der Waals surface area (Å²) in [6.07, 6.45) is 2.17. The molecule has 23 heavy (non-hydrogen) atoms. The normalized spacial score (nSPS) is 16.3. The zero-order valence-corrected chi connectivity index (χ0v) is 14.0. The van der Waals surface area contributed by atoms with Gasteiger partial charge in [-0.3, -0.25) is 4.79 Å². The number of sulfone groups is 1. The van der Waals surface area contributed by atoms with Crippen molar-refractivity contribution in [2.45, 2.75) is 24.2 Å². The van der Waals surface area contributed by atoms with E-state index in [1.54, 1.807) is 12.1 Å². The van der Waals surface area contributed by atoms with Crippen molar-refractivity contribution < 1.29 is 13.2 Å². The Balaban J connectivity index is 1.84. The molecule has 1 atom stereocenters. The largest absolute Gasteiger partial charge is 0.383 e. The Hall–Kier alpha value is -2.14. The number of fused-ring (bicyclic) bond motifs is 1. The number of hydrogen-bond donors (Lipinski definition) is 1. The SMILES string of the molecule is CC(=O)c1ccc(S(C)(=O)=O)c(NC[C@H]2Cc3ccccc32)c1. The Morgan fingerprint density at radius 3 is 2.61 bits per heavy atom. The Labute approximate surface area is 136 Å². The molecule has 0 saturated heterocycles. The lowest BCUT2D eigenvalue weighted by Gasteiger charge is -2.30. The highest BCUT2D eigenvalue weighted by molar-refractivity contribution is 7.90. The first-order valence-electron chi connectivity index (χ1n) is 7.53. The molecule has 0 aliphatic heterocycles. The summed E-state index contributed by atoms with van der Waals surface area (Å²) >= 11 is 0. The number of rotatable bonds is 5. The zero-order chi connectivity index (χ0) is 16.6. The molecule has 2 aromatic rings. The molecule has 0 radical (unpaired) electrons. The first-order chi connectivity index (χ1) is 10.9. The van der Waals surface area contributed by atoms with Gasteiger partial charge in [0.25, 0.3) is 0 Å². The van der Waals surface area contributed by atoms with E-state index in [4.69, 9.17) is 0 Å². The fourth-order valence-electron chi connectivity index (χ4n) is 2.99. The van der Waals surface area contributed by atoms with Crippen molar-refractivity contribution in [3.63, 3.8) is 0 Å². The topological polar surface area (TPSA) is 63.2 Å². The molecule has 0 bridgehead atoms. The number of Topliss-reactive ketones (excluding diaryl/α,β-unsaturated/α-hetero) is 1. The molecule has 0 amide bonds. The van der Waals surface area contributed by atoms with Gasteiger partial charge in [-0.05, 0) is 42.7 Å². The summed E-state index contributed by atoms with van der Waals surface area (Å²) in [5.41, 5.74) is 3.67. The molecule has 0 saturated carbocycles. The summed E-state index contributed by atoms with van der Waals surface area (Å²) in [7, 11) is -3.35. The van der Waals surface area contributed by atoms with E-state index < -0.39 is 9.84 Å². The minimum absolute atomic E-state index is 0.0814. The molecule has 5 heteroatoms. The molecule has 120 valence electrons. The minimum Gasteiger partial charge on any atom is -0.383 e. The quantitative estimate of drug-likeness (QED) is 0.857. The van der Waals surface area contributed by atoms with Crippen LogP contribution in [0.5, 0.6) is 0 Å². The van der Waals surface area contributed by atoms with Crippen LogP contribution in [-0.2, 0) is 16.3 Å². The van der Waals surface area contributed by atoms with Crippen molar-refractivity contribution in [3.05, 3.63) is 59.2 Å². The molecule has 4 nitrogen and oxygen atoms in total. The van der Waals surface area contributed by atoms with Crippen LogP contribution >= 0.6 is 0 Å². The summed E-state index contributed by atoms with van der Waals surface area (Å²) in [5, 5.41) is 3.23. The first kappa shape index (κ1) is 15.7. The third-order valence-electron chi connectivity index (χ3n) is 4.29. The lowest BCUT2D eigenvalue weighted by atomic mass is 9.77. The van der Waals surface area contributed by atoms with Gasteiger partial charge in [0.1, 0.15) is 0 Å². The average molecular weight is 329 g/mol. The maximum Gasteiger partial charge on any atom is 0.177 e. The van der Waals surface area contributed by atoms with Crippen molar-refractivity contribution in [3.8, 4) is 0 Å². The number of ketones is 1. The lowest BCUT2D eigenvalue weighted by molar-refractivity contribution is 0.101. The Bertz CT molecular complexity index is 872. The standard InChI is InChI=1S/C18H19NO3S/c1-12(20)13-7-8-18(23(2,21)22)17(10-13)19-11-15-9-14-5-3-4-6-16(14)15/h3-8,10,15,19H,9,11H2,1-2H3/t15-/m1/s1. The van der Waals surface area contributed by atoms with Crippen LogP contribution in [0, 0.1) is 0 Å². The van der Waals surface area contributed by atoms with Crippen LogP contribution in [0.1, 0.15) is 34.3 Å². The maximum atomic E-state index is 11.9. The molecule has 1 aliphatic carbocycles. The predicted molar refractivity (Wildman–Crippen MR) is 90.9 cm³/mol. The number of anilines is 1. The Morgan fingerprint density at radius 1 is 1.22 bits per heavy atom. The molecule has 0 fully saturated rings. The highest BCUT2D eigenvalue weighted by Crippen LogP contribution is 2.35. The number of benzene rings is 2. The second-order valence-corrected chi connectivity index (χ2v) is 8.00. The van der Waals surface area contributed by atoms with Gasteiger partial charge in [0.2, 0.25) is 0 Å². The van der Waals surface area contributed by atoms with Gasteiger partial charge in [-0.15, -0.1) is 0 Å². The van der Waals surface area contributed by atoms with E-state index in [1.807, 2.05) is 12.1 Å². The van der Waals surface area contributed by atoms with Crippen LogP contribution in [-0.4, -0.2) is 27.0 Å². The zero-order valence-electron chi connectivity index (χ0n) is 13.2. The van der Waals surface area contributed by atoms with Crippen molar-refractivity contribution in [2.24, 2.45) is 0 Å². The molecule has 3 rings (SSSR count). The maximum absolute atomic E-state index is 11.9. The van der Waals surface area contributed by atoms with Crippen molar-refractivity contribution in [1.82, 2.24) is 0 Å². The molecule has 2 aromatic carbocycles. The molecule has 1 N–H and O–H groups in total. The summed E-state index contributed by atoms with van der Waals surface area (Å²) in [5.74, 6) is 0.293. The van der Waals surface area contributed by atoms with Gasteiger partial charge in [-0.2, -0.15) is 0 Å². The average Bonchev–Trinajstić information content (AvgIpc) is 2.47. The summed E-state index contributed by atoms with van der Waals surface area (Å²) in [4.78, 5) is 11.8. The summed E-state index contributed by atoms with van der Waals surface area (Å²) in [6.45, 7) is 2.13. The van der Waals surface area contributed by atoms with E-state index in [9.17, 15) is 13.2 Å². The van der Waals surface area contributed by atoms with E-state index in [0.29, 0.717) is 23.7 Å². The van der Waals surface area contributed by atoms with Crippen LogP contribution in [0.25, 0.3) is 0 Å². The van der Waals surface area contributed by atoms with Gasteiger partial charge >= 0.3 is 0 Å². The molecule has 0 spiro atoms. The third kappa shape index (κ3) is 3.15. The van der Waals surface area contributed by atoms with Gasteiger partial charge < -0.3 is 5.32 Å². The van der Waals surface area contributed by atoms with E-state index in [-0.39, 0.29) is 10.7 Å². The molecule has 0 unspecified atom stereocenters. The summed E-state index contributed by atoms with van der Waals surface area (Å²) < 4.78 is 23.9. The molecule has 1 aliphatic rings. The van der Waals surface area contributed by atoms with Crippen LogP contribution in [0.2, 0.25) is 0 Å². The van der Waals surface area contributed by atoms with Gasteiger partial charge in [0, 0.05) is 24.3 Å². The van der Waals surface area contributed by atoms with E-state index in [1.165, 1.54) is 30.4 Å². The van der Waals surface area contributed by atoms with Gasteiger partial charge in [0.15, 0.2) is 15.6 Å². The Kier molecular flexibility index (Phi) is 3.98. The highest BCUT2D eigenvalue weighted by atomic mass is 32.2. The second-order valence-electron chi connectivity index (χ2n) is 6.02. The highest BCUT2D eigenvalue weighted by Gasteiger charge is 2.25. The van der Waals surface area contributed by atoms with Gasteiger partial charge in [-0.25, -0.2) is 8.42 Å². The molecule has 0 aromatic heterocycles. The summed E-state index contributed by atoms with van der Waals surface area (Å²) in [6, 6.07) is 13.0. The number of hydrogen-bond acceptors (Lipinski definition) is 4. The van der Waals surface area contributed by atoms with E-state index in [2.05, 4.69) is 17.4 Å². The Morgan fingerprint density at radius 2 is 1.96 bits per heavy atom. The van der Waals surface area contributed by atoms with Crippen molar-refractivity contribution >= 4 is 21.3 Å². The number of nitrogens with one attached hydrogen (secondary N) is 1. The van der Waals surface area contributed by atoms with E-state index in [0.717, 1.165) is 6.42 Å². The van der Waals surface area contributed by atoms with Crippen LogP contribution in [0.15, 0.2) is 47.4 Å². The van der Waals surface area contributed by atoms with Crippen molar-refractivity contribution in [1.29, 1.82) is 0 Å². The molecular formula is C18H19NO3S. The van der Waals surface area contributed by atoms with Crippen LogP contribution in [0.4, 0.5) is 5.69 Å². The number of carbonyl (C=O) groups is 1. The first-order valence-corrected chi connectivity index (χ1v) is 9.42. The lowest BCUT2D eigenvalue weighted by Crippen LogP contribution is -2.24. The van der Waals surface area contributed by atoms with Gasteiger partial charge in [-0.1, -0.05) is 24.3 Å². The van der Waals surface area contributed by atoms with Gasteiger partial charge in [0.05, 0.1) is 10.6 Å². The fraction of sp³-hybridized carbons (Fsp3) is 0.278. The smallest absolute Gasteiger partial charge is 0.177 e. The fourth-order valence-corrected chi connectivity index (χ4v) is 3.83. The second kappa shape index (κ2) is 5.81.